The second kappa shape index (κ2) is 4.64. The Morgan fingerprint density at radius 2 is 2.17 bits per heavy atom. The van der Waals surface area contributed by atoms with E-state index < -0.39 is 6.10 Å². The van der Waals surface area contributed by atoms with Crippen molar-refractivity contribution in [2.24, 2.45) is 11.7 Å². The van der Waals surface area contributed by atoms with E-state index >= 15 is 0 Å². The van der Waals surface area contributed by atoms with Crippen molar-refractivity contribution in [1.82, 2.24) is 0 Å². The summed E-state index contributed by atoms with van der Waals surface area (Å²) in [6, 6.07) is -0.265. The molecular weight excluding hydrogens is 182 g/mol. The number of halogens is 1. The molecule has 1 saturated carbocycles. The van der Waals surface area contributed by atoms with Gasteiger partial charge >= 0.3 is 5.97 Å². The minimum absolute atomic E-state index is 0. The molecule has 1 aliphatic rings. The van der Waals surface area contributed by atoms with Crippen molar-refractivity contribution >= 4 is 18.4 Å². The molecule has 3 atom stereocenters. The molecular formula is C7H14ClNO3. The Morgan fingerprint density at radius 1 is 1.58 bits per heavy atom. The maximum atomic E-state index is 10.9. The number of hydrogen-bond acceptors (Lipinski definition) is 4. The molecule has 4 nitrogen and oxygen atoms in total. The van der Waals surface area contributed by atoms with E-state index in [0.717, 1.165) is 0 Å². The van der Waals surface area contributed by atoms with Crippen molar-refractivity contribution in [2.45, 2.75) is 25.0 Å². The highest BCUT2D eigenvalue weighted by Gasteiger charge is 2.35. The Bertz CT molecular complexity index is 155. The van der Waals surface area contributed by atoms with Crippen molar-refractivity contribution in [1.29, 1.82) is 0 Å². The molecule has 1 aliphatic carbocycles. The molecule has 0 radical (unpaired) electrons. The summed E-state index contributed by atoms with van der Waals surface area (Å²) in [4.78, 5) is 10.9. The fourth-order valence-electron chi connectivity index (χ4n) is 1.41. The number of carbonyl (C=O) groups excluding carboxylic acids is 1. The molecule has 0 aromatic carbocycles. The van der Waals surface area contributed by atoms with Crippen LogP contribution in [0.2, 0.25) is 0 Å². The van der Waals surface area contributed by atoms with E-state index in [-0.39, 0.29) is 30.3 Å². The highest BCUT2D eigenvalue weighted by Crippen LogP contribution is 2.25. The molecule has 3 N–H and O–H groups in total. The maximum absolute atomic E-state index is 10.9. The lowest BCUT2D eigenvalue weighted by atomic mass is 10.1. The standard InChI is InChI=1S/C7H13NO3.ClH/c1-11-7(10)4-2-5(8)6(9)3-4;/h4-6,9H,2-3,8H2,1H3;1H/t4-,5+,6+;/m0./s1. The largest absolute Gasteiger partial charge is 0.469 e. The predicted octanol–water partition coefficient (Wildman–Crippen LogP) is -0.321. The molecule has 0 bridgehead atoms. The van der Waals surface area contributed by atoms with Gasteiger partial charge in [0.25, 0.3) is 0 Å². The van der Waals surface area contributed by atoms with E-state index in [1.54, 1.807) is 0 Å². The summed E-state index contributed by atoms with van der Waals surface area (Å²) in [7, 11) is 1.35. The smallest absolute Gasteiger partial charge is 0.308 e. The normalized spacial score (nSPS) is 34.1. The second-order valence-electron chi connectivity index (χ2n) is 2.92. The Hall–Kier alpha value is -0.320. The van der Waals surface area contributed by atoms with Crippen molar-refractivity contribution in [3.05, 3.63) is 0 Å². The van der Waals surface area contributed by atoms with Crippen molar-refractivity contribution < 1.29 is 14.6 Å². The van der Waals surface area contributed by atoms with Crippen LogP contribution < -0.4 is 5.73 Å². The van der Waals surface area contributed by atoms with Crippen LogP contribution in [0.4, 0.5) is 0 Å². The van der Waals surface area contributed by atoms with Gasteiger partial charge in [-0.3, -0.25) is 4.79 Å². The van der Waals surface area contributed by atoms with Crippen LogP contribution in [0.25, 0.3) is 0 Å². The molecule has 1 fully saturated rings. The van der Waals surface area contributed by atoms with Gasteiger partial charge in [-0.25, -0.2) is 0 Å². The maximum Gasteiger partial charge on any atom is 0.308 e. The van der Waals surface area contributed by atoms with Crippen molar-refractivity contribution in [3.63, 3.8) is 0 Å². The fourth-order valence-corrected chi connectivity index (χ4v) is 1.41. The number of nitrogens with two attached hydrogens (primary N) is 1. The van der Waals surface area contributed by atoms with Gasteiger partial charge in [0.15, 0.2) is 0 Å². The topological polar surface area (TPSA) is 72.5 Å². The monoisotopic (exact) mass is 195 g/mol. The summed E-state index contributed by atoms with van der Waals surface area (Å²) in [5.41, 5.74) is 5.50. The summed E-state index contributed by atoms with van der Waals surface area (Å²) >= 11 is 0. The number of methoxy groups -OCH3 is 1. The fraction of sp³-hybridized carbons (Fsp3) is 0.857. The summed E-state index contributed by atoms with van der Waals surface area (Å²) in [6.07, 6.45) is 0.431. The van der Waals surface area contributed by atoms with Gasteiger partial charge in [-0.1, -0.05) is 0 Å². The van der Waals surface area contributed by atoms with Gasteiger partial charge in [0.1, 0.15) is 0 Å². The summed E-state index contributed by atoms with van der Waals surface area (Å²) in [6.45, 7) is 0. The molecule has 1 rings (SSSR count). The molecule has 5 heteroatoms. The van der Waals surface area contributed by atoms with Crippen LogP contribution in [-0.2, 0) is 9.53 Å². The van der Waals surface area contributed by atoms with Crippen LogP contribution in [0.1, 0.15) is 12.8 Å². The number of aliphatic hydroxyl groups is 1. The van der Waals surface area contributed by atoms with Gasteiger partial charge in [-0.2, -0.15) is 0 Å². The third-order valence-electron chi connectivity index (χ3n) is 2.11. The third kappa shape index (κ3) is 2.33. The zero-order valence-corrected chi connectivity index (χ0v) is 7.71. The van der Waals surface area contributed by atoms with E-state index in [0.29, 0.717) is 12.8 Å². The number of hydrogen-bond donors (Lipinski definition) is 2. The first-order valence-electron chi connectivity index (χ1n) is 3.66. The van der Waals surface area contributed by atoms with Crippen LogP contribution in [0.15, 0.2) is 0 Å². The first-order valence-corrected chi connectivity index (χ1v) is 3.66. The number of rotatable bonds is 1. The summed E-state index contributed by atoms with van der Waals surface area (Å²) in [5.74, 6) is -0.470. The van der Waals surface area contributed by atoms with E-state index in [1.807, 2.05) is 0 Å². The molecule has 0 unspecified atom stereocenters. The Labute approximate surface area is 77.5 Å². The molecule has 0 heterocycles. The van der Waals surface area contributed by atoms with Gasteiger partial charge in [-0.05, 0) is 12.8 Å². The molecule has 0 aromatic rings. The molecule has 0 amide bonds. The molecule has 72 valence electrons. The Kier molecular flexibility index (Phi) is 4.52. The zero-order chi connectivity index (χ0) is 8.43. The quantitative estimate of drug-likeness (QED) is 0.563. The average Bonchev–Trinajstić information content (AvgIpc) is 2.31. The van der Waals surface area contributed by atoms with E-state index in [1.165, 1.54) is 7.11 Å². The van der Waals surface area contributed by atoms with Crippen LogP contribution in [0.5, 0.6) is 0 Å². The Balaban J connectivity index is 0.00000121. The minimum Gasteiger partial charge on any atom is -0.469 e. The summed E-state index contributed by atoms with van der Waals surface area (Å²) in [5, 5.41) is 9.18. The minimum atomic E-state index is -0.543. The van der Waals surface area contributed by atoms with E-state index in [2.05, 4.69) is 4.74 Å². The lowest BCUT2D eigenvalue weighted by Crippen LogP contribution is -2.28. The number of aliphatic hydroxyl groups excluding tert-OH is 1. The molecule has 0 spiro atoms. The van der Waals surface area contributed by atoms with Crippen molar-refractivity contribution in [2.75, 3.05) is 7.11 Å². The van der Waals surface area contributed by atoms with Crippen LogP contribution in [0.3, 0.4) is 0 Å². The van der Waals surface area contributed by atoms with Gasteiger partial charge in [0, 0.05) is 6.04 Å². The van der Waals surface area contributed by atoms with Crippen LogP contribution >= 0.6 is 12.4 Å². The zero-order valence-electron chi connectivity index (χ0n) is 6.90. The highest BCUT2D eigenvalue weighted by molar-refractivity contribution is 5.85. The predicted molar refractivity (Wildman–Crippen MR) is 46.0 cm³/mol. The van der Waals surface area contributed by atoms with Gasteiger partial charge in [0.05, 0.1) is 19.1 Å². The van der Waals surface area contributed by atoms with Gasteiger partial charge in [0.2, 0.25) is 0 Å². The van der Waals surface area contributed by atoms with Gasteiger partial charge in [-0.15, -0.1) is 12.4 Å². The van der Waals surface area contributed by atoms with Crippen molar-refractivity contribution in [3.8, 4) is 0 Å². The first kappa shape index (κ1) is 11.7. The molecule has 12 heavy (non-hydrogen) atoms. The van der Waals surface area contributed by atoms with Crippen LogP contribution in [-0.4, -0.2) is 30.3 Å². The SMILES string of the molecule is COC(=O)[C@H]1C[C@@H](N)[C@H](O)C1.Cl. The first-order chi connectivity index (χ1) is 5.15. The Morgan fingerprint density at radius 3 is 2.50 bits per heavy atom. The average molecular weight is 196 g/mol. The molecule has 0 aromatic heterocycles. The molecule has 0 saturated heterocycles. The lowest BCUT2D eigenvalue weighted by molar-refractivity contribution is -0.145. The highest BCUT2D eigenvalue weighted by atomic mass is 35.5. The third-order valence-corrected chi connectivity index (χ3v) is 2.11. The molecule has 0 aliphatic heterocycles. The van der Waals surface area contributed by atoms with E-state index in [4.69, 9.17) is 5.73 Å². The summed E-state index contributed by atoms with van der Waals surface area (Å²) < 4.78 is 4.53. The number of esters is 1. The van der Waals surface area contributed by atoms with Gasteiger partial charge < -0.3 is 15.6 Å². The number of ether oxygens (including phenoxy) is 1. The van der Waals surface area contributed by atoms with Crippen LogP contribution in [0, 0.1) is 5.92 Å². The number of carbonyl (C=O) groups is 1. The van der Waals surface area contributed by atoms with E-state index in [9.17, 15) is 9.90 Å². The second-order valence-corrected chi connectivity index (χ2v) is 2.92. The lowest BCUT2D eigenvalue weighted by Gasteiger charge is -2.04.